The molecule has 1 N–H and O–H groups in total. The van der Waals surface area contributed by atoms with E-state index >= 15 is 0 Å². The quantitative estimate of drug-likeness (QED) is 0.207. The Bertz CT molecular complexity index is 1010. The van der Waals surface area contributed by atoms with E-state index in [1.54, 1.807) is 30.1 Å². The second kappa shape index (κ2) is 23.3. The van der Waals surface area contributed by atoms with Crippen LogP contribution in [0.25, 0.3) is 5.57 Å². The molecule has 0 bridgehead atoms. The van der Waals surface area contributed by atoms with Crippen molar-refractivity contribution in [2.24, 2.45) is 0 Å². The number of pyridine rings is 1. The van der Waals surface area contributed by atoms with Crippen LogP contribution < -0.4 is 5.32 Å². The summed E-state index contributed by atoms with van der Waals surface area (Å²) < 4.78 is 0. The van der Waals surface area contributed by atoms with Gasteiger partial charge in [0, 0.05) is 29.4 Å². The Kier molecular flexibility index (Phi) is 22.7. The van der Waals surface area contributed by atoms with Crippen molar-refractivity contribution < 1.29 is 4.79 Å². The Hall–Kier alpha value is -3.11. The molecule has 1 heterocycles. The number of nitrogens with zero attached hydrogens (tertiary/aromatic N) is 1. The third-order valence-corrected chi connectivity index (χ3v) is 5.87. The van der Waals surface area contributed by atoms with Crippen LogP contribution in [-0.2, 0) is 0 Å². The van der Waals surface area contributed by atoms with Crippen LogP contribution in [0.2, 0.25) is 0 Å². The highest BCUT2D eigenvalue weighted by Gasteiger charge is 2.04. The standard InChI is InChI=1S/C18H25NS.C13H17NO.C2H6/c1-8-14(5)17(12-15(6)19-7)13-16(9-2)18(10-3)20-11-4;1-3-5-12(6-4-2)13-9-11(10-15)7-8-14-13;1-2/h8-13,19H,1,4-5H2,2-3,6-7H3;5,7-10H,3-4,6H2,1-2H3;1-2H3/b15-12+,16-9+,17-13-,18-10-;12-5+;. The Balaban J connectivity index is 0. The number of allylic oxidation sites excluding steroid dienone is 11. The van der Waals surface area contributed by atoms with Gasteiger partial charge in [0.05, 0.1) is 5.69 Å². The van der Waals surface area contributed by atoms with Gasteiger partial charge in [0.25, 0.3) is 0 Å². The maximum Gasteiger partial charge on any atom is 0.150 e. The van der Waals surface area contributed by atoms with E-state index < -0.39 is 0 Å². The molecule has 202 valence electrons. The topological polar surface area (TPSA) is 42.0 Å². The number of hydrogen-bond donors (Lipinski definition) is 1. The van der Waals surface area contributed by atoms with Crippen molar-refractivity contribution in [2.45, 2.75) is 67.7 Å². The normalized spacial score (nSPS) is 12.4. The molecular weight excluding hydrogens is 472 g/mol. The maximum absolute atomic E-state index is 10.6. The third kappa shape index (κ3) is 14.9. The average Bonchev–Trinajstić information content (AvgIpc) is 2.94. The lowest BCUT2D eigenvalue weighted by atomic mass is 10.0. The first-order valence-electron chi connectivity index (χ1n) is 13.0. The van der Waals surface area contributed by atoms with Gasteiger partial charge in [-0.1, -0.05) is 89.9 Å². The van der Waals surface area contributed by atoms with Gasteiger partial charge in [0.1, 0.15) is 6.29 Å². The average molecular weight is 521 g/mol. The number of rotatable bonds is 13. The van der Waals surface area contributed by atoms with Crippen LogP contribution in [0.3, 0.4) is 0 Å². The molecule has 0 radical (unpaired) electrons. The summed E-state index contributed by atoms with van der Waals surface area (Å²) in [6.45, 7) is 26.0. The molecule has 1 aromatic rings. The second-order valence-corrected chi connectivity index (χ2v) is 8.58. The number of nitrogens with one attached hydrogen (secondary N) is 1. The molecule has 0 aromatic carbocycles. The van der Waals surface area contributed by atoms with Gasteiger partial charge in [0.15, 0.2) is 0 Å². The molecule has 0 atom stereocenters. The van der Waals surface area contributed by atoms with E-state index in [4.69, 9.17) is 0 Å². The SMILES string of the molecule is C=CSC(=C\C)/C(/C=C(/C=C(\C)NC)C(=C)C=C)=C/C.CC.CC/C=C(\CCC)c1cc(C=O)ccn1. The van der Waals surface area contributed by atoms with Crippen LogP contribution in [0.1, 0.15) is 83.8 Å². The molecule has 4 heteroatoms. The lowest BCUT2D eigenvalue weighted by Gasteiger charge is -2.09. The Morgan fingerprint density at radius 2 is 1.78 bits per heavy atom. The van der Waals surface area contributed by atoms with E-state index in [0.29, 0.717) is 5.56 Å². The summed E-state index contributed by atoms with van der Waals surface area (Å²) in [5.41, 5.74) is 7.04. The van der Waals surface area contributed by atoms with Gasteiger partial charge in [-0.25, -0.2) is 0 Å². The first kappa shape index (κ1) is 36.0. The van der Waals surface area contributed by atoms with E-state index in [0.717, 1.165) is 53.7 Å². The molecule has 0 aliphatic carbocycles. The summed E-state index contributed by atoms with van der Waals surface area (Å²) in [6.07, 6.45) is 18.0. The highest BCUT2D eigenvalue weighted by molar-refractivity contribution is 8.06. The molecule has 0 unspecified atom stereocenters. The maximum atomic E-state index is 10.6. The van der Waals surface area contributed by atoms with Crippen LogP contribution in [0.5, 0.6) is 0 Å². The van der Waals surface area contributed by atoms with Gasteiger partial charge in [0.2, 0.25) is 0 Å². The highest BCUT2D eigenvalue weighted by Crippen LogP contribution is 2.28. The monoisotopic (exact) mass is 520 g/mol. The summed E-state index contributed by atoms with van der Waals surface area (Å²) in [5, 5.41) is 4.96. The largest absolute Gasteiger partial charge is 0.392 e. The van der Waals surface area contributed by atoms with Crippen LogP contribution in [0.15, 0.2) is 107 Å². The number of carbonyl (C=O) groups excluding carboxylic acids is 1. The van der Waals surface area contributed by atoms with E-state index in [-0.39, 0.29) is 0 Å². The van der Waals surface area contributed by atoms with Crippen molar-refractivity contribution in [3.05, 3.63) is 119 Å². The zero-order chi connectivity index (χ0) is 28.6. The molecule has 1 aromatic heterocycles. The predicted molar refractivity (Wildman–Crippen MR) is 170 cm³/mol. The molecule has 0 spiro atoms. The van der Waals surface area contributed by atoms with Crippen molar-refractivity contribution in [3.8, 4) is 0 Å². The predicted octanol–water partition coefficient (Wildman–Crippen LogP) is 10.0. The minimum Gasteiger partial charge on any atom is -0.392 e. The molecule has 0 aliphatic rings. The van der Waals surface area contributed by atoms with E-state index in [2.05, 4.69) is 74.3 Å². The van der Waals surface area contributed by atoms with E-state index in [9.17, 15) is 4.79 Å². The second-order valence-electron chi connectivity index (χ2n) is 7.57. The number of thioether (sulfide) groups is 1. The summed E-state index contributed by atoms with van der Waals surface area (Å²) in [6, 6.07) is 3.58. The summed E-state index contributed by atoms with van der Waals surface area (Å²) >= 11 is 1.62. The van der Waals surface area contributed by atoms with Crippen LogP contribution >= 0.6 is 11.8 Å². The fraction of sp³-hybridized carbons (Fsp3) is 0.333. The fourth-order valence-electron chi connectivity index (χ4n) is 3.05. The van der Waals surface area contributed by atoms with Gasteiger partial charge in [-0.2, -0.15) is 0 Å². The minimum atomic E-state index is 0.693. The van der Waals surface area contributed by atoms with E-state index in [1.165, 1.54) is 10.5 Å². The van der Waals surface area contributed by atoms with Gasteiger partial charge in [-0.3, -0.25) is 9.78 Å². The first-order chi connectivity index (χ1) is 17.8. The smallest absolute Gasteiger partial charge is 0.150 e. The summed E-state index contributed by atoms with van der Waals surface area (Å²) in [5.74, 6) is 0. The summed E-state index contributed by atoms with van der Waals surface area (Å²) in [4.78, 5) is 16.1. The molecule has 0 amide bonds. The summed E-state index contributed by atoms with van der Waals surface area (Å²) in [7, 11) is 1.90. The minimum absolute atomic E-state index is 0.693. The van der Waals surface area contributed by atoms with Crippen LogP contribution in [0, 0.1) is 0 Å². The molecule has 0 saturated carbocycles. The number of aldehydes is 1. The first-order valence-corrected chi connectivity index (χ1v) is 13.8. The van der Waals surface area contributed by atoms with Crippen molar-refractivity contribution in [1.29, 1.82) is 0 Å². The van der Waals surface area contributed by atoms with Gasteiger partial charge < -0.3 is 5.32 Å². The molecule has 0 aliphatic heterocycles. The number of carbonyl (C=O) groups is 1. The van der Waals surface area contributed by atoms with Crippen LogP contribution in [0.4, 0.5) is 0 Å². The van der Waals surface area contributed by atoms with Crippen molar-refractivity contribution >= 4 is 23.6 Å². The molecule has 0 saturated heterocycles. The zero-order valence-corrected chi connectivity index (χ0v) is 25.2. The van der Waals surface area contributed by atoms with Crippen molar-refractivity contribution in [2.75, 3.05) is 7.05 Å². The molecular formula is C33H48N2OS. The van der Waals surface area contributed by atoms with Gasteiger partial charge in [-0.05, 0) is 85.6 Å². The van der Waals surface area contributed by atoms with Crippen molar-refractivity contribution in [1.82, 2.24) is 10.3 Å². The van der Waals surface area contributed by atoms with E-state index in [1.807, 2.05) is 53.1 Å². The Labute approximate surface area is 231 Å². The van der Waals surface area contributed by atoms with Crippen molar-refractivity contribution in [3.63, 3.8) is 0 Å². The Morgan fingerprint density at radius 3 is 2.24 bits per heavy atom. The molecule has 3 nitrogen and oxygen atoms in total. The molecule has 1 rings (SSSR count). The Morgan fingerprint density at radius 1 is 1.11 bits per heavy atom. The molecule has 0 fully saturated rings. The molecule has 37 heavy (non-hydrogen) atoms. The number of aromatic nitrogens is 1. The third-order valence-electron chi connectivity index (χ3n) is 4.98. The zero-order valence-electron chi connectivity index (χ0n) is 24.4. The van der Waals surface area contributed by atoms with Gasteiger partial charge in [-0.15, -0.1) is 0 Å². The van der Waals surface area contributed by atoms with Gasteiger partial charge >= 0.3 is 0 Å². The fourth-order valence-corrected chi connectivity index (χ4v) is 3.68. The number of hydrogen-bond acceptors (Lipinski definition) is 4. The highest BCUT2D eigenvalue weighted by atomic mass is 32.2. The lowest BCUT2D eigenvalue weighted by Crippen LogP contribution is -2.02. The lowest BCUT2D eigenvalue weighted by molar-refractivity contribution is 0.112. The van der Waals surface area contributed by atoms with Crippen LogP contribution in [-0.4, -0.2) is 18.3 Å².